The molecule has 0 bridgehead atoms. The van der Waals surface area contributed by atoms with Crippen molar-refractivity contribution in [3.63, 3.8) is 0 Å². The molecule has 1 rings (SSSR count). The number of halogens is 6. The molecule has 1 aromatic carbocycles. The molecule has 0 saturated heterocycles. The average molecular weight is 1580 g/mol. The third-order valence-electron chi connectivity index (χ3n) is 5.53. The van der Waals surface area contributed by atoms with E-state index < -0.39 is 138 Å². The number of hydrogen-bond acceptors (Lipinski definition) is 29. The normalized spacial score (nSPS) is 12.4. The number of amides is 5. The molecule has 0 fully saturated rings. The smallest absolute Gasteiger partial charge is 0.324 e. The van der Waals surface area contributed by atoms with Crippen LogP contribution in [0.3, 0.4) is 0 Å². The Morgan fingerprint density at radius 3 is 1.10 bits per heavy atom. The van der Waals surface area contributed by atoms with Gasteiger partial charge >= 0.3 is 38.7 Å². The van der Waals surface area contributed by atoms with E-state index in [9.17, 15) is 135 Å². The number of alkyl halides is 6. The quantitative estimate of drug-likeness (QED) is 0.0110. The second kappa shape index (κ2) is 48.4. The van der Waals surface area contributed by atoms with Gasteiger partial charge in [-0.25, -0.2) is 74.3 Å². The van der Waals surface area contributed by atoms with Crippen LogP contribution in [0.15, 0.2) is 39.6 Å². The Balaban J connectivity index is -0.000000103. The first-order valence-electron chi connectivity index (χ1n) is 21.5. The number of nitrogens with zero attached hydrogens (tertiary/aromatic N) is 4. The third kappa shape index (κ3) is 95.8. The molecule has 0 aliphatic heterocycles. The van der Waals surface area contributed by atoms with Gasteiger partial charge in [0.15, 0.2) is 6.19 Å². The molecule has 0 spiro atoms. The van der Waals surface area contributed by atoms with Crippen LogP contribution in [0.1, 0.15) is 41.5 Å². The minimum absolute atomic E-state index is 0.123. The molecule has 5 amide bonds. The van der Waals surface area contributed by atoms with E-state index in [-0.39, 0.29) is 22.6 Å². The van der Waals surface area contributed by atoms with E-state index in [1.807, 2.05) is 13.8 Å². The van der Waals surface area contributed by atoms with Gasteiger partial charge in [0.1, 0.15) is 16.8 Å². The van der Waals surface area contributed by atoms with Gasteiger partial charge < -0.3 is 9.42 Å². The summed E-state index contributed by atoms with van der Waals surface area (Å²) in [7, 11) is -34.4. The highest BCUT2D eigenvalue weighted by Crippen LogP contribution is 2.34. The SMILES string of the molecule is CC(=NS(=O)(=O)C(F)(F)F)NS(=O)(=O)C(F)(F)F.CC(=O)N(C)O.CC(=O)N(C)S(=O)(=O)c1ccccc1.CC(=O)NC#N.CC(=O)NS(C)(=O)=O.CNS(C)(=O)=O.CONC(C)=O.COP(C)(=O)O.CS(=O)(=O)NS(C)(=O)=O.CS(=O)(=O)O.CS(=O)NS(C)(=O)=O. The van der Waals surface area contributed by atoms with E-state index >= 15 is 0 Å². The van der Waals surface area contributed by atoms with E-state index in [0.717, 1.165) is 49.2 Å². The minimum Gasteiger partial charge on any atom is -0.324 e. The summed E-state index contributed by atoms with van der Waals surface area (Å²) in [5.74, 6) is -3.52. The van der Waals surface area contributed by atoms with Crippen LogP contribution in [0, 0.1) is 11.5 Å². The van der Waals surface area contributed by atoms with Crippen molar-refractivity contribution in [2.75, 3.05) is 85.8 Å². The molecule has 550 valence electrons. The van der Waals surface area contributed by atoms with Crippen molar-refractivity contribution in [3.05, 3.63) is 30.3 Å². The van der Waals surface area contributed by atoms with Crippen LogP contribution in [-0.4, -0.2) is 236 Å². The van der Waals surface area contributed by atoms with Crippen LogP contribution in [0.4, 0.5) is 26.3 Å². The second-order valence-electron chi connectivity index (χ2n) is 15.2. The topological polar surface area (TPSA) is 633 Å². The van der Waals surface area contributed by atoms with Crippen LogP contribution in [0.5, 0.6) is 0 Å². The molecule has 58 heteroatoms. The molecule has 2 unspecified atom stereocenters. The van der Waals surface area contributed by atoms with Gasteiger partial charge in [-0.3, -0.25) is 57.9 Å². The van der Waals surface area contributed by atoms with Gasteiger partial charge in [-0.2, -0.15) is 56.9 Å². The number of carbonyl (C=O) groups excluding carboxylic acids is 5. The first-order chi connectivity index (χ1) is 39.9. The summed E-state index contributed by atoms with van der Waals surface area (Å²) in [6, 6.07) is 7.85. The molecule has 0 saturated carbocycles. The zero-order valence-electron chi connectivity index (χ0n) is 51.3. The van der Waals surface area contributed by atoms with E-state index in [1.54, 1.807) is 22.9 Å². The van der Waals surface area contributed by atoms with Gasteiger partial charge in [0.05, 0.1) is 49.5 Å². The zero-order valence-corrected chi connectivity index (χ0v) is 60.4. The van der Waals surface area contributed by atoms with Crippen molar-refractivity contribution in [1.29, 1.82) is 5.26 Å². The van der Waals surface area contributed by atoms with Gasteiger partial charge in [0, 0.05) is 68.7 Å². The van der Waals surface area contributed by atoms with Crippen molar-refractivity contribution < 1.29 is 159 Å². The maximum atomic E-state index is 11.8. The Labute approximate surface area is 532 Å². The molecular weight excluding hydrogens is 1510 g/mol. The van der Waals surface area contributed by atoms with Crippen LogP contribution in [0.25, 0.3) is 0 Å². The fourth-order valence-electron chi connectivity index (χ4n) is 2.39. The maximum absolute atomic E-state index is 11.8. The van der Waals surface area contributed by atoms with E-state index in [0.29, 0.717) is 23.0 Å². The van der Waals surface area contributed by atoms with Crippen molar-refractivity contribution in [2.24, 2.45) is 4.40 Å². The van der Waals surface area contributed by atoms with Crippen LogP contribution in [0.2, 0.25) is 0 Å². The molecular formula is C34H72F6N11O30PS10. The highest BCUT2D eigenvalue weighted by Gasteiger charge is 2.48. The van der Waals surface area contributed by atoms with Crippen molar-refractivity contribution >= 4 is 144 Å². The lowest BCUT2D eigenvalue weighted by atomic mass is 10.4. The molecule has 0 aliphatic carbocycles. The number of rotatable bonds is 12. The van der Waals surface area contributed by atoms with Gasteiger partial charge in [-0.15, -0.1) is 12.7 Å². The number of nitrogens with one attached hydrogen (secondary N) is 7. The second-order valence-corrected chi connectivity index (χ2v) is 34.5. The molecule has 41 nitrogen and oxygen atoms in total. The van der Waals surface area contributed by atoms with E-state index in [4.69, 9.17) is 19.9 Å². The summed E-state index contributed by atoms with van der Waals surface area (Å²) in [4.78, 5) is 62.7. The number of hydrogen-bond donors (Lipinski definition) is 10. The lowest BCUT2D eigenvalue weighted by Crippen LogP contribution is -2.40. The van der Waals surface area contributed by atoms with Crippen LogP contribution < -0.4 is 33.2 Å². The molecule has 0 aliphatic rings. The number of carbonyl (C=O) groups is 5. The monoisotopic (exact) mass is 1580 g/mol. The van der Waals surface area contributed by atoms with Crippen molar-refractivity contribution in [1.82, 2.24) is 42.6 Å². The molecule has 92 heavy (non-hydrogen) atoms. The molecule has 2 atom stereocenters. The lowest BCUT2D eigenvalue weighted by molar-refractivity contribution is -0.156. The molecule has 10 N–H and O–H groups in total. The minimum atomic E-state index is -6.12. The zero-order chi connectivity index (χ0) is 77.1. The Kier molecular flexibility index (Phi) is 57.0. The Morgan fingerprint density at radius 1 is 0.641 bits per heavy atom. The average Bonchev–Trinajstić information content (AvgIpc) is 3.26. The molecule has 0 heterocycles. The van der Waals surface area contributed by atoms with Crippen molar-refractivity contribution in [3.8, 4) is 6.19 Å². The van der Waals surface area contributed by atoms with E-state index in [1.165, 1.54) is 91.8 Å². The molecule has 0 radical (unpaired) electrons. The summed E-state index contributed by atoms with van der Waals surface area (Å²) in [5, 5.41) is 18.2. The van der Waals surface area contributed by atoms with Crippen molar-refractivity contribution in [2.45, 2.75) is 57.5 Å². The first kappa shape index (κ1) is 108. The van der Waals surface area contributed by atoms with Gasteiger partial charge in [-0.05, 0) is 26.1 Å². The summed E-state index contributed by atoms with van der Waals surface area (Å²) in [6.07, 6.45) is 7.96. The third-order valence-corrected chi connectivity index (χ3v) is 16.3. The number of sulfonamides is 8. The van der Waals surface area contributed by atoms with Gasteiger partial charge in [0.2, 0.25) is 79.7 Å². The highest BCUT2D eigenvalue weighted by molar-refractivity contribution is 8.04. The number of amidine groups is 1. The lowest BCUT2D eigenvalue weighted by Gasteiger charge is -2.14. The standard InChI is InChI=1S/C9H11NO3S.C4H4F6N2O4S2.C3H4N2O.C3H7NO3S.2C3H7NO2.C2H7NO4S2.C2H7NO3S2.C2H7NO2S.C2H7O3P.CH4O3S/c1-8(11)10(2)14(12,13)9-6-4-3-5-7-9;1-2(11-17(13,14)3(5,6)7)12-18(15,16)4(8,9)10;1-3(6)5-2-4;1-3(5)4-8(2,6)7;1-3(5)4-6-2;1-3(5)4(2)6;1-8(4,5)3-9(2,6)7;1-7(4)3-8(2,5)6;1-3-6(2,4)5;1-5-6(2,3)4;1-5(2,3)4/h3-7H,1-2H3;1H3,(H,11,12);1H3,(H,5,6);1-2H3,(H,4,5);1-2H3,(H,4,5);6H,1-2H3;3H,1-2H3;3H,1-2H3;3H,1-2H3;1-2H3,(H,3,4);1H3,(H,2,3,4). The summed E-state index contributed by atoms with van der Waals surface area (Å²) < 4.78 is 297. The molecule has 0 aromatic heterocycles. The largest absolute Gasteiger partial charge is 0.518 e. The summed E-state index contributed by atoms with van der Waals surface area (Å²) in [5.41, 5.74) is -9.59. The fourth-order valence-corrected chi connectivity index (χ4v) is 9.10. The molecule has 1 aromatic rings. The van der Waals surface area contributed by atoms with E-state index in [2.05, 4.69) is 19.6 Å². The first-order valence-corrected chi connectivity index (χ1v) is 40.7. The summed E-state index contributed by atoms with van der Waals surface area (Å²) in [6.45, 7) is 7.73. The van der Waals surface area contributed by atoms with Crippen LogP contribution >= 0.6 is 7.60 Å². The maximum Gasteiger partial charge on any atom is 0.518 e. The predicted molar refractivity (Wildman–Crippen MR) is 316 cm³/mol. The van der Waals surface area contributed by atoms with Gasteiger partial charge in [-0.1, -0.05) is 18.2 Å². The fraction of sp³-hybridized carbons (Fsp3) is 0.618. The Hall–Kier alpha value is -5.28. The number of nitriles is 1. The number of benzene rings is 1. The van der Waals surface area contributed by atoms with Gasteiger partial charge in [0.25, 0.3) is 20.1 Å². The Bertz CT molecular complexity index is 3590. The predicted octanol–water partition coefficient (Wildman–Crippen LogP) is -3.79. The Morgan fingerprint density at radius 2 is 0.978 bits per heavy atom. The number of hydroxylamine groups is 3. The van der Waals surface area contributed by atoms with Crippen LogP contribution in [-0.2, 0) is 139 Å². The summed E-state index contributed by atoms with van der Waals surface area (Å²) >= 11 is 0. The highest BCUT2D eigenvalue weighted by atomic mass is 32.3.